The summed E-state index contributed by atoms with van der Waals surface area (Å²) in [5.41, 5.74) is 2.52. The summed E-state index contributed by atoms with van der Waals surface area (Å²) in [6.07, 6.45) is 4.93. The number of anilines is 1. The number of aromatic nitrogens is 2. The maximum absolute atomic E-state index is 12.8. The van der Waals surface area contributed by atoms with Crippen LogP contribution in [0.4, 0.5) is 5.13 Å². The van der Waals surface area contributed by atoms with Crippen LogP contribution >= 0.6 is 11.3 Å². The third kappa shape index (κ3) is 2.82. The number of hydrogen-bond donors (Lipinski definition) is 1. The third-order valence-corrected chi connectivity index (χ3v) is 5.31. The first kappa shape index (κ1) is 15.9. The average Bonchev–Trinajstić information content (AvgIpc) is 3.23. The molecular weight excluding hydrogens is 340 g/mol. The Morgan fingerprint density at radius 3 is 2.60 bits per heavy atom. The number of carbonyl (C=O) groups is 3. The van der Waals surface area contributed by atoms with Crippen molar-refractivity contribution in [3.63, 3.8) is 0 Å². The summed E-state index contributed by atoms with van der Waals surface area (Å²) in [4.78, 5) is 39.1. The fourth-order valence-electron chi connectivity index (χ4n) is 3.47. The molecule has 8 heteroatoms. The number of benzene rings is 1. The molecule has 2 aliphatic rings. The Balaban J connectivity index is 1.59. The van der Waals surface area contributed by atoms with E-state index in [0.717, 1.165) is 32.1 Å². The van der Waals surface area contributed by atoms with Crippen LogP contribution in [-0.2, 0) is 0 Å². The number of fused-ring (bicyclic) bond motifs is 1. The number of amides is 3. The zero-order valence-corrected chi connectivity index (χ0v) is 14.2. The molecule has 1 aliphatic carbocycles. The van der Waals surface area contributed by atoms with Crippen LogP contribution in [0.2, 0.25) is 0 Å². The van der Waals surface area contributed by atoms with E-state index in [0.29, 0.717) is 21.8 Å². The van der Waals surface area contributed by atoms with E-state index in [-0.39, 0.29) is 23.8 Å². The van der Waals surface area contributed by atoms with Crippen molar-refractivity contribution in [2.75, 3.05) is 5.32 Å². The van der Waals surface area contributed by atoms with Gasteiger partial charge in [0.2, 0.25) is 5.13 Å². The molecule has 4 rings (SSSR count). The van der Waals surface area contributed by atoms with E-state index in [1.807, 2.05) is 0 Å². The lowest BCUT2D eigenvalue weighted by atomic mass is 9.94. The molecule has 128 valence electrons. The lowest BCUT2D eigenvalue weighted by Gasteiger charge is -2.29. The zero-order chi connectivity index (χ0) is 17.4. The minimum Gasteiger partial charge on any atom is -0.296 e. The molecule has 25 heavy (non-hydrogen) atoms. The molecule has 2 heterocycles. The largest absolute Gasteiger partial charge is 0.296 e. The third-order valence-electron chi connectivity index (χ3n) is 4.70. The summed E-state index contributed by atoms with van der Waals surface area (Å²) in [5, 5.41) is 10.4. The maximum atomic E-state index is 12.8. The monoisotopic (exact) mass is 356 g/mol. The minimum absolute atomic E-state index is 0.0279. The van der Waals surface area contributed by atoms with Gasteiger partial charge < -0.3 is 0 Å². The fourth-order valence-corrected chi connectivity index (χ4v) is 3.91. The van der Waals surface area contributed by atoms with Gasteiger partial charge in [-0.25, -0.2) is 0 Å². The van der Waals surface area contributed by atoms with E-state index in [9.17, 15) is 14.4 Å². The van der Waals surface area contributed by atoms with Gasteiger partial charge in [0, 0.05) is 11.6 Å². The van der Waals surface area contributed by atoms with Crippen molar-refractivity contribution >= 4 is 34.2 Å². The van der Waals surface area contributed by atoms with Crippen LogP contribution in [0.15, 0.2) is 23.7 Å². The molecule has 0 atom stereocenters. The molecule has 1 aromatic heterocycles. The Labute approximate surface area is 148 Å². The van der Waals surface area contributed by atoms with E-state index in [1.165, 1.54) is 27.8 Å². The Morgan fingerprint density at radius 2 is 1.88 bits per heavy atom. The highest BCUT2D eigenvalue weighted by Crippen LogP contribution is 2.31. The van der Waals surface area contributed by atoms with E-state index in [2.05, 4.69) is 15.5 Å². The van der Waals surface area contributed by atoms with Crippen molar-refractivity contribution in [2.45, 2.75) is 38.1 Å². The molecule has 0 radical (unpaired) electrons. The van der Waals surface area contributed by atoms with Crippen LogP contribution in [0.3, 0.4) is 0 Å². The molecule has 7 nitrogen and oxygen atoms in total. The summed E-state index contributed by atoms with van der Waals surface area (Å²) >= 11 is 1.21. The predicted molar refractivity (Wildman–Crippen MR) is 91.7 cm³/mol. The second-order valence-corrected chi connectivity index (χ2v) is 7.06. The van der Waals surface area contributed by atoms with Crippen molar-refractivity contribution < 1.29 is 14.4 Å². The summed E-state index contributed by atoms with van der Waals surface area (Å²) in [6.45, 7) is 0. The van der Waals surface area contributed by atoms with Gasteiger partial charge in [-0.3, -0.25) is 24.6 Å². The summed E-state index contributed by atoms with van der Waals surface area (Å²) in [7, 11) is 0. The average molecular weight is 356 g/mol. The number of nitrogens with one attached hydrogen (secondary N) is 1. The van der Waals surface area contributed by atoms with Crippen LogP contribution in [0, 0.1) is 0 Å². The molecule has 2 aromatic rings. The van der Waals surface area contributed by atoms with Crippen molar-refractivity contribution in [2.24, 2.45) is 0 Å². The molecule has 0 bridgehead atoms. The minimum atomic E-state index is -0.379. The Kier molecular flexibility index (Phi) is 4.04. The van der Waals surface area contributed by atoms with E-state index < -0.39 is 0 Å². The van der Waals surface area contributed by atoms with E-state index >= 15 is 0 Å². The molecule has 1 aliphatic heterocycles. The maximum Gasteiger partial charge on any atom is 0.261 e. The summed E-state index contributed by atoms with van der Waals surface area (Å²) in [5.74, 6) is -0.920. The normalized spacial score (nSPS) is 17.7. The molecule has 1 saturated carbocycles. The van der Waals surface area contributed by atoms with E-state index in [1.54, 1.807) is 12.1 Å². The smallest absolute Gasteiger partial charge is 0.261 e. The molecule has 0 unspecified atom stereocenters. The van der Waals surface area contributed by atoms with Crippen LogP contribution in [-0.4, -0.2) is 38.9 Å². The molecule has 3 amide bonds. The summed E-state index contributed by atoms with van der Waals surface area (Å²) < 4.78 is 0. The van der Waals surface area contributed by atoms with Crippen LogP contribution in [0.25, 0.3) is 0 Å². The van der Waals surface area contributed by atoms with Gasteiger partial charge >= 0.3 is 0 Å². The second-order valence-electron chi connectivity index (χ2n) is 6.23. The van der Waals surface area contributed by atoms with Gasteiger partial charge in [0.25, 0.3) is 17.7 Å². The highest BCUT2D eigenvalue weighted by molar-refractivity contribution is 7.13. The van der Waals surface area contributed by atoms with Gasteiger partial charge in [-0.05, 0) is 31.0 Å². The second kappa shape index (κ2) is 6.36. The Hall–Kier alpha value is -2.61. The number of hydrogen-bond acceptors (Lipinski definition) is 6. The van der Waals surface area contributed by atoms with E-state index in [4.69, 9.17) is 0 Å². The fraction of sp³-hybridized carbons (Fsp3) is 0.353. The molecule has 0 spiro atoms. The lowest BCUT2D eigenvalue weighted by molar-refractivity contribution is 0.0549. The van der Waals surface area contributed by atoms with Crippen LogP contribution in [0.1, 0.15) is 63.2 Å². The van der Waals surface area contributed by atoms with Crippen molar-refractivity contribution in [1.82, 2.24) is 15.1 Å². The molecule has 1 aromatic carbocycles. The quantitative estimate of drug-likeness (QED) is 0.854. The highest BCUT2D eigenvalue weighted by atomic mass is 32.1. The first-order valence-corrected chi connectivity index (χ1v) is 9.12. The van der Waals surface area contributed by atoms with Crippen molar-refractivity contribution in [1.29, 1.82) is 0 Å². The topological polar surface area (TPSA) is 92.3 Å². The number of imide groups is 1. The van der Waals surface area contributed by atoms with Crippen molar-refractivity contribution in [3.05, 3.63) is 40.4 Å². The lowest BCUT2D eigenvalue weighted by Crippen LogP contribution is -2.40. The van der Waals surface area contributed by atoms with Gasteiger partial charge in [-0.1, -0.05) is 30.6 Å². The molecule has 1 N–H and O–H groups in total. The SMILES string of the molecule is O=C(Nc1nncs1)c1ccc2c(c1)C(=O)N(C1CCCCC1)C2=O. The highest BCUT2D eigenvalue weighted by Gasteiger charge is 2.40. The van der Waals surface area contributed by atoms with Crippen LogP contribution < -0.4 is 5.32 Å². The Morgan fingerprint density at radius 1 is 1.12 bits per heavy atom. The standard InChI is InChI=1S/C17H16N4O3S/c22-14(19-17-20-18-9-25-17)10-6-7-12-13(8-10)16(24)21(15(12)23)11-4-2-1-3-5-11/h6-9,11H,1-5H2,(H,19,20,22). The van der Waals surface area contributed by atoms with Crippen molar-refractivity contribution in [3.8, 4) is 0 Å². The predicted octanol–water partition coefficient (Wildman–Crippen LogP) is 2.72. The zero-order valence-electron chi connectivity index (χ0n) is 13.4. The number of rotatable bonds is 3. The summed E-state index contributed by atoms with van der Waals surface area (Å²) in [6, 6.07) is 4.59. The first-order valence-electron chi connectivity index (χ1n) is 8.24. The van der Waals surface area contributed by atoms with Crippen LogP contribution in [0.5, 0.6) is 0 Å². The number of nitrogens with zero attached hydrogens (tertiary/aromatic N) is 3. The van der Waals surface area contributed by atoms with Gasteiger partial charge in [0.1, 0.15) is 5.51 Å². The Bertz CT molecular complexity index is 844. The molecule has 1 fully saturated rings. The van der Waals surface area contributed by atoms with Gasteiger partial charge in [0.15, 0.2) is 0 Å². The van der Waals surface area contributed by atoms with Gasteiger partial charge in [-0.2, -0.15) is 0 Å². The molecule has 0 saturated heterocycles. The van der Waals surface area contributed by atoms with Gasteiger partial charge in [0.05, 0.1) is 11.1 Å². The molecular formula is C17H16N4O3S. The first-order chi connectivity index (χ1) is 12.1. The van der Waals surface area contributed by atoms with Gasteiger partial charge in [-0.15, -0.1) is 10.2 Å². The number of carbonyl (C=O) groups excluding carboxylic acids is 3.